The van der Waals surface area contributed by atoms with Gasteiger partial charge in [0.05, 0.1) is 0 Å². The molecule has 0 aromatic carbocycles. The quantitative estimate of drug-likeness (QED) is 0.513. The maximum atomic E-state index is 2.33. The predicted octanol–water partition coefficient (Wildman–Crippen LogP) is 0.770. The SMILES string of the molecule is C[Si](C)(C)C.[InH3]. The van der Waals surface area contributed by atoms with Crippen LogP contribution in [0.4, 0.5) is 0 Å². The Labute approximate surface area is 60.1 Å². The summed E-state index contributed by atoms with van der Waals surface area (Å²) < 4.78 is 0. The van der Waals surface area contributed by atoms with Crippen molar-refractivity contribution in [1.29, 1.82) is 0 Å². The first-order valence-corrected chi connectivity index (χ1v) is 6.00. The van der Waals surface area contributed by atoms with Crippen LogP contribution < -0.4 is 0 Å². The summed E-state index contributed by atoms with van der Waals surface area (Å²) in [6, 6.07) is 0. The molecule has 0 saturated heterocycles. The first-order valence-electron chi connectivity index (χ1n) is 2.00. The van der Waals surface area contributed by atoms with E-state index in [0.717, 1.165) is 0 Å². The van der Waals surface area contributed by atoms with Crippen LogP contribution in [0.3, 0.4) is 0 Å². The van der Waals surface area contributed by atoms with Gasteiger partial charge in [-0.05, 0) is 0 Å². The Bertz CT molecular complexity index is 23.0. The summed E-state index contributed by atoms with van der Waals surface area (Å²) in [6.07, 6.45) is 0. The van der Waals surface area contributed by atoms with Gasteiger partial charge in [-0.25, -0.2) is 0 Å². The van der Waals surface area contributed by atoms with Gasteiger partial charge in [0.15, 0.2) is 0 Å². The number of hydrogen-bond acceptors (Lipinski definition) is 0. The Morgan fingerprint density at radius 1 is 0.833 bits per heavy atom. The molecule has 0 aromatic rings. The van der Waals surface area contributed by atoms with Gasteiger partial charge in [-0.3, -0.25) is 0 Å². The van der Waals surface area contributed by atoms with Crippen LogP contribution in [-0.4, -0.2) is 33.9 Å². The third-order valence-corrected chi connectivity index (χ3v) is 0. The first-order chi connectivity index (χ1) is 2.00. The molecular formula is C4H15InSi. The Morgan fingerprint density at radius 2 is 0.833 bits per heavy atom. The zero-order valence-electron chi connectivity index (χ0n) is 4.50. The van der Waals surface area contributed by atoms with Crippen LogP contribution in [0, 0.1) is 0 Å². The molecule has 0 saturated carbocycles. The molecule has 0 fully saturated rings. The minimum absolute atomic E-state index is 0. The van der Waals surface area contributed by atoms with Crippen molar-refractivity contribution < 1.29 is 0 Å². The molecule has 0 spiro atoms. The fraction of sp³-hybridized carbons (Fsp3) is 1.00. The van der Waals surface area contributed by atoms with Crippen LogP contribution in [0.15, 0.2) is 0 Å². The average Bonchev–Trinajstić information content (AvgIpc) is 0.722. The van der Waals surface area contributed by atoms with Crippen LogP contribution >= 0.6 is 0 Å². The topological polar surface area (TPSA) is 0 Å². The third-order valence-electron chi connectivity index (χ3n) is 0. The zero-order valence-corrected chi connectivity index (χ0v) is 5.50. The van der Waals surface area contributed by atoms with Crippen molar-refractivity contribution in [3.8, 4) is 0 Å². The van der Waals surface area contributed by atoms with Crippen LogP contribution in [-0.2, 0) is 0 Å². The van der Waals surface area contributed by atoms with E-state index in [9.17, 15) is 0 Å². The monoisotopic (exact) mass is 206 g/mol. The summed E-state index contributed by atoms with van der Waals surface area (Å²) >= 11 is 0. The molecule has 0 aromatic heterocycles. The summed E-state index contributed by atoms with van der Waals surface area (Å²) in [5, 5.41) is 0. The summed E-state index contributed by atoms with van der Waals surface area (Å²) in [5.74, 6) is 0. The molecule has 38 valence electrons. The summed E-state index contributed by atoms with van der Waals surface area (Å²) in [4.78, 5) is 0. The Kier molecular flexibility index (Phi) is 5.30. The second-order valence-corrected chi connectivity index (χ2v) is 9.00. The molecular weight excluding hydrogens is 191 g/mol. The molecule has 6 heavy (non-hydrogen) atoms. The second-order valence-electron chi connectivity index (χ2n) is 3.00. The van der Waals surface area contributed by atoms with Gasteiger partial charge in [0.1, 0.15) is 0 Å². The fourth-order valence-corrected chi connectivity index (χ4v) is 0. The molecule has 0 aliphatic carbocycles. The van der Waals surface area contributed by atoms with E-state index >= 15 is 0 Å². The van der Waals surface area contributed by atoms with Crippen molar-refractivity contribution in [1.82, 2.24) is 0 Å². The van der Waals surface area contributed by atoms with E-state index in [1.54, 1.807) is 0 Å². The van der Waals surface area contributed by atoms with E-state index < -0.39 is 8.07 Å². The van der Waals surface area contributed by atoms with Gasteiger partial charge in [-0.15, -0.1) is 0 Å². The number of rotatable bonds is 0. The Morgan fingerprint density at radius 3 is 0.833 bits per heavy atom. The van der Waals surface area contributed by atoms with Gasteiger partial charge in [0, 0.05) is 8.07 Å². The fourth-order valence-electron chi connectivity index (χ4n) is 0. The van der Waals surface area contributed by atoms with E-state index in [4.69, 9.17) is 0 Å². The molecule has 0 atom stereocenters. The van der Waals surface area contributed by atoms with E-state index in [1.807, 2.05) is 0 Å². The van der Waals surface area contributed by atoms with Crippen molar-refractivity contribution in [2.45, 2.75) is 26.2 Å². The second kappa shape index (κ2) is 3.14. The molecule has 0 heterocycles. The van der Waals surface area contributed by atoms with Crippen LogP contribution in [0.25, 0.3) is 0 Å². The summed E-state index contributed by atoms with van der Waals surface area (Å²) in [7, 11) is -0.611. The van der Waals surface area contributed by atoms with E-state index in [2.05, 4.69) is 26.2 Å². The molecule has 0 nitrogen and oxygen atoms in total. The molecule has 0 unspecified atom stereocenters. The maximum absolute atomic E-state index is 2.33. The molecule has 0 radical (unpaired) electrons. The van der Waals surface area contributed by atoms with Gasteiger partial charge >= 0.3 is 25.8 Å². The normalized spacial score (nSPS) is 10.0. The third kappa shape index (κ3) is 71.9. The predicted molar refractivity (Wildman–Crippen MR) is 39.1 cm³/mol. The van der Waals surface area contributed by atoms with Crippen LogP contribution in [0.5, 0.6) is 0 Å². The minimum atomic E-state index is -0.611. The Balaban J connectivity index is 0. The Hall–Kier alpha value is 1.09. The molecule has 0 rings (SSSR count). The van der Waals surface area contributed by atoms with Gasteiger partial charge in [0.2, 0.25) is 0 Å². The molecule has 0 amide bonds. The standard InChI is InChI=1S/C4H12Si.In.3H/c1-5(2,3)4;;;;/h1-4H3;;;;. The van der Waals surface area contributed by atoms with Crippen LogP contribution in [0.1, 0.15) is 0 Å². The van der Waals surface area contributed by atoms with Crippen molar-refractivity contribution >= 4 is 33.9 Å². The molecule has 0 N–H and O–H groups in total. The van der Waals surface area contributed by atoms with Gasteiger partial charge in [0.25, 0.3) is 0 Å². The van der Waals surface area contributed by atoms with Crippen molar-refractivity contribution in [2.75, 3.05) is 0 Å². The number of hydrogen-bond donors (Lipinski definition) is 0. The van der Waals surface area contributed by atoms with Gasteiger partial charge < -0.3 is 0 Å². The van der Waals surface area contributed by atoms with Crippen molar-refractivity contribution in [2.24, 2.45) is 0 Å². The van der Waals surface area contributed by atoms with Gasteiger partial charge in [-0.2, -0.15) is 0 Å². The summed E-state index contributed by atoms with van der Waals surface area (Å²) in [5.41, 5.74) is 0. The summed E-state index contributed by atoms with van der Waals surface area (Å²) in [6.45, 7) is 9.31. The van der Waals surface area contributed by atoms with E-state index in [-0.39, 0.29) is 25.8 Å². The molecule has 0 bridgehead atoms. The van der Waals surface area contributed by atoms with Crippen molar-refractivity contribution in [3.05, 3.63) is 0 Å². The van der Waals surface area contributed by atoms with Crippen LogP contribution in [0.2, 0.25) is 26.2 Å². The zero-order chi connectivity index (χ0) is 4.50. The first kappa shape index (κ1) is 10.1. The average molecular weight is 206 g/mol. The molecule has 0 aliphatic rings. The van der Waals surface area contributed by atoms with E-state index in [1.165, 1.54) is 0 Å². The van der Waals surface area contributed by atoms with Gasteiger partial charge in [-0.1, -0.05) is 26.2 Å². The molecule has 0 aliphatic heterocycles. The van der Waals surface area contributed by atoms with E-state index in [0.29, 0.717) is 0 Å². The van der Waals surface area contributed by atoms with Crippen molar-refractivity contribution in [3.63, 3.8) is 0 Å². The molecule has 2 heteroatoms.